The number of nitrogens with one attached hydrogen (secondary N) is 1. The predicted molar refractivity (Wildman–Crippen MR) is 93.4 cm³/mol. The van der Waals surface area contributed by atoms with Gasteiger partial charge in [-0.2, -0.15) is 9.57 Å². The Hall–Kier alpha value is -0.840. The fourth-order valence-electron chi connectivity index (χ4n) is 2.67. The van der Waals surface area contributed by atoms with Crippen molar-refractivity contribution in [3.63, 3.8) is 0 Å². The van der Waals surface area contributed by atoms with Crippen LogP contribution in [0.4, 0.5) is 0 Å². The lowest BCUT2D eigenvalue weighted by Crippen LogP contribution is -2.40. The summed E-state index contributed by atoms with van der Waals surface area (Å²) < 4.78 is 26.9. The highest BCUT2D eigenvalue weighted by Gasteiger charge is 2.31. The van der Waals surface area contributed by atoms with Crippen LogP contribution < -0.4 is 5.32 Å². The third-order valence-corrected chi connectivity index (χ3v) is 6.22. The van der Waals surface area contributed by atoms with Crippen molar-refractivity contribution in [3.8, 4) is 6.07 Å². The van der Waals surface area contributed by atoms with Gasteiger partial charge in [0, 0.05) is 13.1 Å². The largest absolute Gasteiger partial charge is 0.317 e. The summed E-state index contributed by atoms with van der Waals surface area (Å²) in [5.41, 5.74) is 0.0268. The fraction of sp³-hybridized carbons (Fsp3) is 0.533. The number of halogens is 2. The molecule has 1 aromatic rings. The summed E-state index contributed by atoms with van der Waals surface area (Å²) in [7, 11) is -3.67. The molecule has 1 fully saturated rings. The molecule has 1 N–H and O–H groups in total. The molecule has 2 rings (SSSR count). The van der Waals surface area contributed by atoms with E-state index < -0.39 is 10.0 Å². The Morgan fingerprint density at radius 2 is 2.04 bits per heavy atom. The Labute approximate surface area is 149 Å². The minimum absolute atomic E-state index is 0. The number of nitriles is 1. The van der Waals surface area contributed by atoms with Crippen molar-refractivity contribution in [2.24, 2.45) is 5.92 Å². The molecule has 1 aliphatic rings. The molecule has 1 saturated heterocycles. The standard InChI is InChI=1S/C15H20ClN3O2S.ClH/c1-2-18-11-12-6-8-19(9-7-12)22(20,21)15-5-3-4-14(16)13(15)10-17;/h3-5,12,18H,2,6-9,11H2,1H3;1H. The Morgan fingerprint density at radius 3 is 2.61 bits per heavy atom. The SMILES string of the molecule is CCNCC1CCN(S(=O)(=O)c2cccc(Cl)c2C#N)CC1.Cl. The Kier molecular flexibility index (Phi) is 7.78. The molecule has 0 aliphatic carbocycles. The molecule has 0 amide bonds. The number of nitrogens with zero attached hydrogens (tertiary/aromatic N) is 2. The molecule has 1 heterocycles. The first kappa shape index (κ1) is 20.2. The van der Waals surface area contributed by atoms with Gasteiger partial charge in [0.25, 0.3) is 0 Å². The molecule has 23 heavy (non-hydrogen) atoms. The summed E-state index contributed by atoms with van der Waals surface area (Å²) in [5.74, 6) is 0.501. The van der Waals surface area contributed by atoms with Crippen LogP contribution in [-0.4, -0.2) is 38.9 Å². The predicted octanol–water partition coefficient (Wildman–Crippen LogP) is 2.64. The van der Waals surface area contributed by atoms with E-state index in [0.29, 0.717) is 19.0 Å². The van der Waals surface area contributed by atoms with Crippen molar-refractivity contribution < 1.29 is 8.42 Å². The highest BCUT2D eigenvalue weighted by Crippen LogP contribution is 2.28. The zero-order chi connectivity index (χ0) is 16.2. The van der Waals surface area contributed by atoms with Gasteiger partial charge in [-0.15, -0.1) is 12.4 Å². The number of sulfonamides is 1. The molecule has 0 radical (unpaired) electrons. The lowest BCUT2D eigenvalue weighted by molar-refractivity contribution is 0.268. The molecule has 5 nitrogen and oxygen atoms in total. The second-order valence-electron chi connectivity index (χ2n) is 5.38. The average Bonchev–Trinajstić information content (AvgIpc) is 2.53. The molecular weight excluding hydrogens is 357 g/mol. The normalized spacial score (nSPS) is 16.6. The van der Waals surface area contributed by atoms with Gasteiger partial charge < -0.3 is 5.32 Å². The highest BCUT2D eigenvalue weighted by atomic mass is 35.5. The van der Waals surface area contributed by atoms with E-state index in [2.05, 4.69) is 12.2 Å². The molecule has 0 spiro atoms. The fourth-order valence-corrected chi connectivity index (χ4v) is 4.58. The Bertz CT molecular complexity index is 666. The lowest BCUT2D eigenvalue weighted by Gasteiger charge is -2.31. The van der Waals surface area contributed by atoms with E-state index in [1.54, 1.807) is 6.07 Å². The minimum atomic E-state index is -3.67. The van der Waals surface area contributed by atoms with Gasteiger partial charge in [-0.3, -0.25) is 0 Å². The maximum absolute atomic E-state index is 12.7. The molecule has 8 heteroatoms. The van der Waals surface area contributed by atoms with Gasteiger partial charge in [-0.25, -0.2) is 8.42 Å². The molecule has 0 atom stereocenters. The zero-order valence-electron chi connectivity index (χ0n) is 13.0. The van der Waals surface area contributed by atoms with Crippen molar-refractivity contribution in [1.82, 2.24) is 9.62 Å². The summed E-state index contributed by atoms with van der Waals surface area (Å²) in [4.78, 5) is 0.00707. The maximum Gasteiger partial charge on any atom is 0.244 e. The molecule has 0 aromatic heterocycles. The second kappa shape index (κ2) is 8.86. The third-order valence-electron chi connectivity index (χ3n) is 3.96. The summed E-state index contributed by atoms with van der Waals surface area (Å²) in [6.45, 7) is 4.87. The van der Waals surface area contributed by atoms with Crippen LogP contribution in [0, 0.1) is 17.2 Å². The Balaban J connectivity index is 0.00000264. The van der Waals surface area contributed by atoms with Crippen LogP contribution in [0.25, 0.3) is 0 Å². The first-order valence-electron chi connectivity index (χ1n) is 7.40. The third kappa shape index (κ3) is 4.59. The van der Waals surface area contributed by atoms with Gasteiger partial charge in [0.15, 0.2) is 0 Å². The van der Waals surface area contributed by atoms with Crippen LogP contribution in [-0.2, 0) is 10.0 Å². The van der Waals surface area contributed by atoms with Gasteiger partial charge >= 0.3 is 0 Å². The van der Waals surface area contributed by atoms with E-state index in [-0.39, 0.29) is 27.9 Å². The van der Waals surface area contributed by atoms with Crippen molar-refractivity contribution in [3.05, 3.63) is 28.8 Å². The summed E-state index contributed by atoms with van der Waals surface area (Å²) in [6.07, 6.45) is 1.66. The molecule has 1 aromatic carbocycles. The van der Waals surface area contributed by atoms with Gasteiger partial charge in [0.05, 0.1) is 10.6 Å². The molecule has 0 unspecified atom stereocenters. The maximum atomic E-state index is 12.7. The average molecular weight is 378 g/mol. The summed E-state index contributed by atoms with van der Waals surface area (Å²) >= 11 is 5.94. The van der Waals surface area contributed by atoms with Gasteiger partial charge in [0.2, 0.25) is 10.0 Å². The molecule has 0 bridgehead atoms. The number of hydrogen-bond donors (Lipinski definition) is 1. The number of hydrogen-bond acceptors (Lipinski definition) is 4. The quantitative estimate of drug-likeness (QED) is 0.855. The van der Waals surface area contributed by atoms with Crippen LogP contribution in [0.5, 0.6) is 0 Å². The van der Waals surface area contributed by atoms with Gasteiger partial charge in [-0.05, 0) is 44.0 Å². The second-order valence-corrected chi connectivity index (χ2v) is 7.69. The van der Waals surface area contributed by atoms with E-state index in [1.807, 2.05) is 6.07 Å². The Morgan fingerprint density at radius 1 is 1.39 bits per heavy atom. The monoisotopic (exact) mass is 377 g/mol. The lowest BCUT2D eigenvalue weighted by atomic mass is 9.98. The zero-order valence-corrected chi connectivity index (χ0v) is 15.3. The topological polar surface area (TPSA) is 73.2 Å². The number of benzene rings is 1. The van der Waals surface area contributed by atoms with Crippen LogP contribution in [0.1, 0.15) is 25.3 Å². The number of rotatable bonds is 5. The first-order valence-corrected chi connectivity index (χ1v) is 9.22. The molecular formula is C15H21Cl2N3O2S. The van der Waals surface area contributed by atoms with Gasteiger partial charge in [0.1, 0.15) is 11.0 Å². The van der Waals surface area contributed by atoms with Crippen molar-refractivity contribution >= 4 is 34.0 Å². The van der Waals surface area contributed by atoms with Crippen LogP contribution in [0.15, 0.2) is 23.1 Å². The van der Waals surface area contributed by atoms with E-state index in [1.165, 1.54) is 16.4 Å². The van der Waals surface area contributed by atoms with E-state index in [9.17, 15) is 13.7 Å². The van der Waals surface area contributed by atoms with Crippen molar-refractivity contribution in [1.29, 1.82) is 5.26 Å². The summed E-state index contributed by atoms with van der Waals surface area (Å²) in [6, 6.07) is 6.44. The first-order chi connectivity index (χ1) is 10.5. The smallest absolute Gasteiger partial charge is 0.244 e. The van der Waals surface area contributed by atoms with E-state index >= 15 is 0 Å². The van der Waals surface area contributed by atoms with Crippen molar-refractivity contribution in [2.45, 2.75) is 24.7 Å². The van der Waals surface area contributed by atoms with Crippen LogP contribution >= 0.6 is 24.0 Å². The van der Waals surface area contributed by atoms with E-state index in [0.717, 1.165) is 25.9 Å². The molecule has 128 valence electrons. The molecule has 0 saturated carbocycles. The van der Waals surface area contributed by atoms with Crippen LogP contribution in [0.2, 0.25) is 5.02 Å². The highest BCUT2D eigenvalue weighted by molar-refractivity contribution is 7.89. The van der Waals surface area contributed by atoms with Crippen molar-refractivity contribution in [2.75, 3.05) is 26.2 Å². The minimum Gasteiger partial charge on any atom is -0.317 e. The molecule has 1 aliphatic heterocycles. The van der Waals surface area contributed by atoms with Crippen LogP contribution in [0.3, 0.4) is 0 Å². The van der Waals surface area contributed by atoms with Gasteiger partial charge in [-0.1, -0.05) is 24.6 Å². The summed E-state index contributed by atoms with van der Waals surface area (Å²) in [5, 5.41) is 12.6. The van der Waals surface area contributed by atoms with E-state index in [4.69, 9.17) is 11.6 Å². The number of piperidine rings is 1.